The first-order valence-electron chi connectivity index (χ1n) is 7.05. The van der Waals surface area contributed by atoms with Crippen LogP contribution in [0, 0.1) is 0 Å². The highest BCUT2D eigenvalue weighted by Crippen LogP contribution is 2.16. The standard InChI is InChI=1S/C14H19ClN2O4S/c1-10(15)14(18)17-11-4-6-13(7-5-11)22(19,20)16-9-12-3-2-8-21-12/h4-7,10,12,16H,2-3,8-9H2,1H3,(H,17,18)/t10-,12-/m0/s1. The summed E-state index contributed by atoms with van der Waals surface area (Å²) in [5, 5.41) is 1.93. The van der Waals surface area contributed by atoms with Crippen LogP contribution in [0.25, 0.3) is 0 Å². The van der Waals surface area contributed by atoms with Gasteiger partial charge in [-0.3, -0.25) is 4.79 Å². The molecule has 1 aliphatic rings. The average Bonchev–Trinajstić information content (AvgIpc) is 2.99. The molecule has 2 rings (SSSR count). The normalized spacial score (nSPS) is 19.8. The molecule has 0 unspecified atom stereocenters. The van der Waals surface area contributed by atoms with Gasteiger partial charge >= 0.3 is 0 Å². The fourth-order valence-electron chi connectivity index (χ4n) is 2.05. The van der Waals surface area contributed by atoms with Gasteiger partial charge in [-0.1, -0.05) is 0 Å². The highest BCUT2D eigenvalue weighted by Gasteiger charge is 2.20. The summed E-state index contributed by atoms with van der Waals surface area (Å²) in [6.45, 7) is 2.51. The van der Waals surface area contributed by atoms with Crippen LogP contribution < -0.4 is 10.0 Å². The van der Waals surface area contributed by atoms with Crippen molar-refractivity contribution in [3.63, 3.8) is 0 Å². The van der Waals surface area contributed by atoms with Gasteiger partial charge in [-0.25, -0.2) is 13.1 Å². The van der Waals surface area contributed by atoms with E-state index in [0.717, 1.165) is 12.8 Å². The van der Waals surface area contributed by atoms with E-state index in [4.69, 9.17) is 16.3 Å². The Balaban J connectivity index is 1.97. The third-order valence-electron chi connectivity index (χ3n) is 3.32. The van der Waals surface area contributed by atoms with Gasteiger partial charge in [0.1, 0.15) is 5.38 Å². The first-order chi connectivity index (χ1) is 10.4. The SMILES string of the molecule is C[C@H](Cl)C(=O)Nc1ccc(S(=O)(=O)NC[C@@H]2CCCO2)cc1. The number of ether oxygens (including phenoxy) is 1. The number of anilines is 1. The van der Waals surface area contributed by atoms with Crippen molar-refractivity contribution < 1.29 is 17.9 Å². The van der Waals surface area contributed by atoms with E-state index in [1.807, 2.05) is 0 Å². The predicted octanol–water partition coefficient (Wildman–Crippen LogP) is 1.71. The topological polar surface area (TPSA) is 84.5 Å². The van der Waals surface area contributed by atoms with E-state index in [2.05, 4.69) is 10.0 Å². The molecule has 1 aromatic carbocycles. The van der Waals surface area contributed by atoms with Gasteiger partial charge in [0.2, 0.25) is 15.9 Å². The number of rotatable bonds is 6. The lowest BCUT2D eigenvalue weighted by molar-refractivity contribution is -0.115. The maximum Gasteiger partial charge on any atom is 0.242 e. The van der Waals surface area contributed by atoms with Gasteiger partial charge in [-0.15, -0.1) is 11.6 Å². The number of alkyl halides is 1. The molecule has 1 aliphatic heterocycles. The molecule has 1 heterocycles. The van der Waals surface area contributed by atoms with Gasteiger partial charge in [0.05, 0.1) is 11.0 Å². The second kappa shape index (κ2) is 7.41. The smallest absolute Gasteiger partial charge is 0.242 e. The highest BCUT2D eigenvalue weighted by molar-refractivity contribution is 7.89. The Hall–Kier alpha value is -1.15. The molecule has 8 heteroatoms. The minimum Gasteiger partial charge on any atom is -0.377 e. The summed E-state index contributed by atoms with van der Waals surface area (Å²) in [4.78, 5) is 11.6. The van der Waals surface area contributed by atoms with E-state index < -0.39 is 15.4 Å². The number of sulfonamides is 1. The first kappa shape index (κ1) is 17.2. The molecule has 6 nitrogen and oxygen atoms in total. The van der Waals surface area contributed by atoms with E-state index in [9.17, 15) is 13.2 Å². The molecule has 0 aromatic heterocycles. The van der Waals surface area contributed by atoms with Crippen molar-refractivity contribution in [2.24, 2.45) is 0 Å². The van der Waals surface area contributed by atoms with Crippen LogP contribution in [-0.2, 0) is 19.6 Å². The largest absolute Gasteiger partial charge is 0.377 e. The summed E-state index contributed by atoms with van der Waals surface area (Å²) in [6.07, 6.45) is 1.77. The van der Waals surface area contributed by atoms with Crippen molar-refractivity contribution in [3.05, 3.63) is 24.3 Å². The second-order valence-corrected chi connectivity index (χ2v) is 7.54. The van der Waals surface area contributed by atoms with Crippen LogP contribution in [0.4, 0.5) is 5.69 Å². The Bertz CT molecular complexity index is 610. The monoisotopic (exact) mass is 346 g/mol. The summed E-state index contributed by atoms with van der Waals surface area (Å²) in [6, 6.07) is 5.92. The molecule has 1 aromatic rings. The van der Waals surface area contributed by atoms with Crippen molar-refractivity contribution in [2.75, 3.05) is 18.5 Å². The molecule has 0 spiro atoms. The maximum absolute atomic E-state index is 12.2. The number of hydrogen-bond acceptors (Lipinski definition) is 4. The summed E-state index contributed by atoms with van der Waals surface area (Å²) in [7, 11) is -3.58. The Kier molecular flexibility index (Phi) is 5.80. The zero-order chi connectivity index (χ0) is 16.2. The molecular formula is C14H19ClN2O4S. The Morgan fingerprint density at radius 2 is 2.09 bits per heavy atom. The van der Waals surface area contributed by atoms with Gasteiger partial charge in [0.15, 0.2) is 0 Å². The molecular weight excluding hydrogens is 328 g/mol. The Morgan fingerprint density at radius 3 is 2.64 bits per heavy atom. The minimum atomic E-state index is -3.58. The molecule has 22 heavy (non-hydrogen) atoms. The molecule has 2 N–H and O–H groups in total. The van der Waals surface area contributed by atoms with Gasteiger partial charge in [0, 0.05) is 18.8 Å². The molecule has 0 bridgehead atoms. The van der Waals surface area contributed by atoms with Gasteiger partial charge in [-0.05, 0) is 44.0 Å². The average molecular weight is 347 g/mol. The van der Waals surface area contributed by atoms with Crippen LogP contribution >= 0.6 is 11.6 Å². The van der Waals surface area contributed by atoms with Gasteiger partial charge in [0.25, 0.3) is 0 Å². The molecule has 2 atom stereocenters. The van der Waals surface area contributed by atoms with Crippen LogP contribution in [0.5, 0.6) is 0 Å². The number of carbonyl (C=O) groups is 1. The molecule has 122 valence electrons. The van der Waals surface area contributed by atoms with E-state index in [1.165, 1.54) is 24.3 Å². The Morgan fingerprint density at radius 1 is 1.41 bits per heavy atom. The molecule has 0 saturated carbocycles. The van der Waals surface area contributed by atoms with Crippen molar-refractivity contribution in [1.82, 2.24) is 4.72 Å². The number of halogens is 1. The summed E-state index contributed by atoms with van der Waals surface area (Å²) < 4.78 is 32.2. The van der Waals surface area contributed by atoms with Crippen LogP contribution in [0.2, 0.25) is 0 Å². The van der Waals surface area contributed by atoms with E-state index in [0.29, 0.717) is 12.3 Å². The van der Waals surface area contributed by atoms with Crippen LogP contribution in [0.15, 0.2) is 29.2 Å². The van der Waals surface area contributed by atoms with E-state index in [-0.39, 0.29) is 23.5 Å². The fourth-order valence-corrected chi connectivity index (χ4v) is 3.17. The predicted molar refractivity (Wildman–Crippen MR) is 84.5 cm³/mol. The zero-order valence-corrected chi connectivity index (χ0v) is 13.8. The van der Waals surface area contributed by atoms with Crippen molar-refractivity contribution in [2.45, 2.75) is 36.1 Å². The molecule has 1 amide bonds. The third kappa shape index (κ3) is 4.67. The van der Waals surface area contributed by atoms with Crippen LogP contribution in [-0.4, -0.2) is 39.0 Å². The lowest BCUT2D eigenvalue weighted by Crippen LogP contribution is -2.31. The van der Waals surface area contributed by atoms with Crippen LogP contribution in [0.3, 0.4) is 0 Å². The van der Waals surface area contributed by atoms with Crippen molar-refractivity contribution in [3.8, 4) is 0 Å². The zero-order valence-electron chi connectivity index (χ0n) is 12.2. The summed E-state index contributed by atoms with van der Waals surface area (Å²) in [5.41, 5.74) is 0.496. The number of nitrogens with one attached hydrogen (secondary N) is 2. The van der Waals surface area contributed by atoms with Crippen molar-refractivity contribution in [1.29, 1.82) is 0 Å². The minimum absolute atomic E-state index is 0.0569. The quantitative estimate of drug-likeness (QED) is 0.768. The lowest BCUT2D eigenvalue weighted by atomic mass is 10.2. The molecule has 1 saturated heterocycles. The second-order valence-electron chi connectivity index (χ2n) is 5.12. The fraction of sp³-hybridized carbons (Fsp3) is 0.500. The van der Waals surface area contributed by atoms with Crippen LogP contribution in [0.1, 0.15) is 19.8 Å². The summed E-state index contributed by atoms with van der Waals surface area (Å²) in [5.74, 6) is -0.339. The first-order valence-corrected chi connectivity index (χ1v) is 8.97. The number of carbonyl (C=O) groups excluding carboxylic acids is 1. The molecule has 1 fully saturated rings. The van der Waals surface area contributed by atoms with Gasteiger partial charge in [-0.2, -0.15) is 0 Å². The lowest BCUT2D eigenvalue weighted by Gasteiger charge is -2.12. The third-order valence-corrected chi connectivity index (χ3v) is 4.96. The molecule has 0 radical (unpaired) electrons. The van der Waals surface area contributed by atoms with Gasteiger partial charge < -0.3 is 10.1 Å². The number of hydrogen-bond donors (Lipinski definition) is 2. The maximum atomic E-state index is 12.2. The van der Waals surface area contributed by atoms with Crippen molar-refractivity contribution >= 4 is 33.2 Å². The highest BCUT2D eigenvalue weighted by atomic mass is 35.5. The molecule has 0 aliphatic carbocycles. The van der Waals surface area contributed by atoms with E-state index >= 15 is 0 Å². The number of amides is 1. The number of benzene rings is 1. The van der Waals surface area contributed by atoms with E-state index in [1.54, 1.807) is 6.92 Å². The summed E-state index contributed by atoms with van der Waals surface area (Å²) >= 11 is 5.66. The Labute approximate surface area is 135 Å².